The summed E-state index contributed by atoms with van der Waals surface area (Å²) in [7, 11) is 1.63. The van der Waals surface area contributed by atoms with Crippen LogP contribution in [-0.2, 0) is 27.2 Å². The van der Waals surface area contributed by atoms with Gasteiger partial charge in [-0.3, -0.25) is 14.5 Å². The molecule has 3 aliphatic rings. The lowest BCUT2D eigenvalue weighted by atomic mass is 10.0. The molecule has 2 aliphatic heterocycles. The minimum Gasteiger partial charge on any atom is -0.489 e. The summed E-state index contributed by atoms with van der Waals surface area (Å²) in [6.07, 6.45) is 4.13. The molecule has 1 fully saturated rings. The van der Waals surface area contributed by atoms with Crippen molar-refractivity contribution >= 4 is 24.0 Å². The Morgan fingerprint density at radius 1 is 1.36 bits per heavy atom. The van der Waals surface area contributed by atoms with Crippen molar-refractivity contribution in [3.63, 3.8) is 0 Å². The standard InChI is InChI=1S/C28H34N6O5/c1-37-22(15-34(17-35)26-3-2-25-28(32-26)33-27(36)16-38-25)5-7-30-13-18-8-19-10-23(39-21-4-6-31-14-21)11-20(12-29)24(19)9-18/h2-3,10-11,17-18,21-22,30-31H,4-9,13-16H2,1H3,(H,32,33,36). The molecule has 39 heavy (non-hydrogen) atoms. The van der Waals surface area contributed by atoms with Gasteiger partial charge in [0.25, 0.3) is 5.91 Å². The molecular weight excluding hydrogens is 500 g/mol. The number of carbonyl (C=O) groups is 2. The molecule has 2 amide bonds. The first-order valence-electron chi connectivity index (χ1n) is 13.4. The Hall–Kier alpha value is -3.72. The van der Waals surface area contributed by atoms with Gasteiger partial charge < -0.3 is 30.2 Å². The highest BCUT2D eigenvalue weighted by atomic mass is 16.5. The third-order valence-electron chi connectivity index (χ3n) is 7.45. The summed E-state index contributed by atoms with van der Waals surface area (Å²) < 4.78 is 17.1. The SMILES string of the molecule is COC(CCNCC1Cc2cc(OC3CCNC3)cc(C#N)c2C1)CN(C=O)c1ccc2c(n1)NC(=O)CO2. The fraction of sp³-hybridized carbons (Fsp3) is 0.500. The second-order valence-electron chi connectivity index (χ2n) is 10.2. The van der Waals surface area contributed by atoms with Gasteiger partial charge in [-0.1, -0.05) is 0 Å². The zero-order valence-electron chi connectivity index (χ0n) is 22.1. The molecule has 11 heteroatoms. The maximum Gasteiger partial charge on any atom is 0.263 e. The quantitative estimate of drug-likeness (QED) is 0.272. The van der Waals surface area contributed by atoms with Crippen LogP contribution in [0.25, 0.3) is 0 Å². The summed E-state index contributed by atoms with van der Waals surface area (Å²) in [6, 6.07) is 9.72. The molecule has 1 aromatic heterocycles. The van der Waals surface area contributed by atoms with Crippen LogP contribution in [0.15, 0.2) is 24.3 Å². The predicted octanol–water partition coefficient (Wildman–Crippen LogP) is 1.40. The van der Waals surface area contributed by atoms with Crippen molar-refractivity contribution < 1.29 is 23.8 Å². The van der Waals surface area contributed by atoms with Gasteiger partial charge in [0, 0.05) is 13.7 Å². The van der Waals surface area contributed by atoms with Crippen molar-refractivity contribution in [1.82, 2.24) is 15.6 Å². The van der Waals surface area contributed by atoms with Gasteiger partial charge in [0.05, 0.1) is 24.3 Å². The van der Waals surface area contributed by atoms with Gasteiger partial charge in [0.1, 0.15) is 17.7 Å². The van der Waals surface area contributed by atoms with Gasteiger partial charge in [-0.25, -0.2) is 4.98 Å². The zero-order valence-corrected chi connectivity index (χ0v) is 22.1. The highest BCUT2D eigenvalue weighted by Gasteiger charge is 2.26. The Kier molecular flexibility index (Phi) is 8.56. The van der Waals surface area contributed by atoms with Crippen LogP contribution in [0.4, 0.5) is 11.6 Å². The molecule has 0 radical (unpaired) electrons. The molecule has 11 nitrogen and oxygen atoms in total. The van der Waals surface area contributed by atoms with E-state index in [-0.39, 0.29) is 24.7 Å². The van der Waals surface area contributed by atoms with E-state index in [1.807, 2.05) is 6.07 Å². The summed E-state index contributed by atoms with van der Waals surface area (Å²) in [5, 5.41) is 19.2. The fourth-order valence-electron chi connectivity index (χ4n) is 5.41. The molecule has 3 atom stereocenters. The van der Waals surface area contributed by atoms with Crippen LogP contribution in [0.3, 0.4) is 0 Å². The number of amides is 2. The number of nitrogens with zero attached hydrogens (tertiary/aromatic N) is 3. The van der Waals surface area contributed by atoms with Gasteiger partial charge >= 0.3 is 0 Å². The summed E-state index contributed by atoms with van der Waals surface area (Å²) in [5.74, 6) is 2.10. The molecule has 5 rings (SSSR count). The monoisotopic (exact) mass is 534 g/mol. The van der Waals surface area contributed by atoms with Crippen molar-refractivity contribution in [3.05, 3.63) is 41.0 Å². The number of hydrogen-bond acceptors (Lipinski definition) is 9. The molecular formula is C28H34N6O5. The van der Waals surface area contributed by atoms with E-state index in [0.717, 1.165) is 50.2 Å². The molecule has 0 saturated carbocycles. The molecule has 3 N–H and O–H groups in total. The molecule has 0 spiro atoms. The van der Waals surface area contributed by atoms with Crippen LogP contribution in [0.2, 0.25) is 0 Å². The zero-order chi connectivity index (χ0) is 27.2. The molecule has 3 unspecified atom stereocenters. The van der Waals surface area contributed by atoms with E-state index in [1.165, 1.54) is 10.5 Å². The highest BCUT2D eigenvalue weighted by molar-refractivity contribution is 5.94. The number of ether oxygens (including phenoxy) is 3. The van der Waals surface area contributed by atoms with Crippen LogP contribution in [0, 0.1) is 17.2 Å². The summed E-state index contributed by atoms with van der Waals surface area (Å²) in [4.78, 5) is 29.3. The third-order valence-corrected chi connectivity index (χ3v) is 7.45. The first-order chi connectivity index (χ1) is 19.1. The maximum atomic E-state index is 11.8. The lowest BCUT2D eigenvalue weighted by Gasteiger charge is -2.24. The van der Waals surface area contributed by atoms with Gasteiger partial charge in [0.2, 0.25) is 6.41 Å². The van der Waals surface area contributed by atoms with Gasteiger partial charge in [-0.15, -0.1) is 0 Å². The van der Waals surface area contributed by atoms with E-state index in [2.05, 4.69) is 33.1 Å². The average Bonchev–Trinajstić information content (AvgIpc) is 3.61. The minimum absolute atomic E-state index is 0.0512. The van der Waals surface area contributed by atoms with Crippen LogP contribution in [0.5, 0.6) is 11.5 Å². The summed E-state index contributed by atoms with van der Waals surface area (Å²) >= 11 is 0. The third kappa shape index (κ3) is 6.47. The molecule has 206 valence electrons. The molecule has 3 heterocycles. The smallest absolute Gasteiger partial charge is 0.263 e. The second kappa shape index (κ2) is 12.4. The van der Waals surface area contributed by atoms with Crippen LogP contribution in [-0.4, -0.2) is 75.9 Å². The normalized spacial score (nSPS) is 20.3. The Morgan fingerprint density at radius 3 is 3.03 bits per heavy atom. The van der Waals surface area contributed by atoms with Crippen molar-refractivity contribution in [3.8, 4) is 17.6 Å². The van der Waals surface area contributed by atoms with E-state index < -0.39 is 0 Å². The molecule has 0 bridgehead atoms. The summed E-state index contributed by atoms with van der Waals surface area (Å²) in [5.41, 5.74) is 3.06. The van der Waals surface area contributed by atoms with Gasteiger partial charge in [-0.2, -0.15) is 5.26 Å². The average molecular weight is 535 g/mol. The van der Waals surface area contributed by atoms with Crippen molar-refractivity contribution in [2.45, 2.75) is 37.9 Å². The second-order valence-corrected chi connectivity index (χ2v) is 10.2. The first-order valence-corrected chi connectivity index (χ1v) is 13.4. The van der Waals surface area contributed by atoms with Crippen molar-refractivity contribution in [1.29, 1.82) is 5.26 Å². The number of methoxy groups -OCH3 is 1. The van der Waals surface area contributed by atoms with E-state index in [0.29, 0.717) is 54.8 Å². The van der Waals surface area contributed by atoms with E-state index >= 15 is 0 Å². The van der Waals surface area contributed by atoms with E-state index in [1.54, 1.807) is 19.2 Å². The minimum atomic E-state index is -0.282. The number of fused-ring (bicyclic) bond motifs is 2. The number of nitrogens with one attached hydrogen (secondary N) is 3. The number of benzene rings is 1. The van der Waals surface area contributed by atoms with Gasteiger partial charge in [0.15, 0.2) is 18.2 Å². The van der Waals surface area contributed by atoms with Crippen LogP contribution in [0.1, 0.15) is 29.5 Å². The number of pyridine rings is 1. The van der Waals surface area contributed by atoms with Gasteiger partial charge in [-0.05, 0) is 86.6 Å². The maximum absolute atomic E-state index is 11.8. The Bertz CT molecular complexity index is 1240. The first kappa shape index (κ1) is 26.9. The number of hydrogen-bond donors (Lipinski definition) is 3. The van der Waals surface area contributed by atoms with Crippen LogP contribution >= 0.6 is 0 Å². The number of nitriles is 1. The lowest BCUT2D eigenvalue weighted by Crippen LogP contribution is -2.36. The van der Waals surface area contributed by atoms with Crippen molar-refractivity contribution in [2.75, 3.05) is 56.7 Å². The van der Waals surface area contributed by atoms with E-state index in [9.17, 15) is 14.9 Å². The Balaban J connectivity index is 1.10. The molecule has 1 saturated heterocycles. The highest BCUT2D eigenvalue weighted by Crippen LogP contribution is 2.33. The van der Waals surface area contributed by atoms with Crippen LogP contribution < -0.4 is 30.3 Å². The number of anilines is 2. The van der Waals surface area contributed by atoms with Crippen molar-refractivity contribution in [2.24, 2.45) is 5.92 Å². The Morgan fingerprint density at radius 2 is 2.26 bits per heavy atom. The fourth-order valence-corrected chi connectivity index (χ4v) is 5.41. The molecule has 1 aromatic carbocycles. The lowest BCUT2D eigenvalue weighted by molar-refractivity contribution is -0.118. The molecule has 2 aromatic rings. The topological polar surface area (TPSA) is 138 Å². The van der Waals surface area contributed by atoms with E-state index in [4.69, 9.17) is 14.2 Å². The predicted molar refractivity (Wildman–Crippen MR) is 144 cm³/mol. The summed E-state index contributed by atoms with van der Waals surface area (Å²) in [6.45, 7) is 3.61. The molecule has 1 aliphatic carbocycles. The number of rotatable bonds is 12. The largest absolute Gasteiger partial charge is 0.489 e. The Labute approximate surface area is 227 Å². The number of aromatic nitrogens is 1. The number of carbonyl (C=O) groups excluding carboxylic acids is 2.